The number of hydrogen-bond acceptors (Lipinski definition) is 2. The van der Waals surface area contributed by atoms with Crippen molar-refractivity contribution in [1.29, 1.82) is 0 Å². The first-order valence-electron chi connectivity index (χ1n) is 5.56. The Morgan fingerprint density at radius 2 is 1.74 bits per heavy atom. The lowest BCUT2D eigenvalue weighted by atomic mass is 10.2. The van der Waals surface area contributed by atoms with Crippen LogP contribution in [0.2, 0.25) is 15.1 Å². The molecular formula is C14H11Cl3O2. The van der Waals surface area contributed by atoms with Crippen LogP contribution in [0.1, 0.15) is 11.1 Å². The van der Waals surface area contributed by atoms with Gasteiger partial charge in [-0.15, -0.1) is 0 Å². The summed E-state index contributed by atoms with van der Waals surface area (Å²) in [6.45, 7) is 0.220. The molecule has 0 spiro atoms. The third-order valence-electron chi connectivity index (χ3n) is 2.57. The van der Waals surface area contributed by atoms with Crippen LogP contribution in [0.5, 0.6) is 5.75 Å². The van der Waals surface area contributed by atoms with Crippen molar-refractivity contribution in [3.63, 3.8) is 0 Å². The zero-order chi connectivity index (χ0) is 13.8. The molecule has 0 radical (unpaired) electrons. The van der Waals surface area contributed by atoms with Gasteiger partial charge in [0.25, 0.3) is 0 Å². The highest BCUT2D eigenvalue weighted by atomic mass is 35.5. The van der Waals surface area contributed by atoms with Crippen LogP contribution in [0.25, 0.3) is 0 Å². The van der Waals surface area contributed by atoms with Crippen molar-refractivity contribution >= 4 is 34.8 Å². The molecule has 0 fully saturated rings. The normalized spacial score (nSPS) is 10.5. The molecule has 0 heterocycles. The van der Waals surface area contributed by atoms with Crippen molar-refractivity contribution in [3.05, 3.63) is 62.6 Å². The number of halogens is 3. The van der Waals surface area contributed by atoms with Crippen molar-refractivity contribution in [2.75, 3.05) is 0 Å². The van der Waals surface area contributed by atoms with E-state index in [1.165, 1.54) is 0 Å². The SMILES string of the molecule is OCc1ccc(OCc2cc(Cl)ccc2Cl)c(Cl)c1. The van der Waals surface area contributed by atoms with E-state index in [4.69, 9.17) is 44.6 Å². The Kier molecular flexibility index (Phi) is 4.94. The molecule has 0 saturated heterocycles. The first-order valence-corrected chi connectivity index (χ1v) is 6.69. The summed E-state index contributed by atoms with van der Waals surface area (Å²) in [7, 11) is 0. The van der Waals surface area contributed by atoms with E-state index in [-0.39, 0.29) is 13.2 Å². The molecular weight excluding hydrogens is 307 g/mol. The smallest absolute Gasteiger partial charge is 0.138 e. The van der Waals surface area contributed by atoms with Crippen molar-refractivity contribution in [2.24, 2.45) is 0 Å². The summed E-state index contributed by atoms with van der Waals surface area (Å²) in [5, 5.41) is 10.6. The second-order valence-corrected chi connectivity index (χ2v) is 5.20. The van der Waals surface area contributed by atoms with E-state index in [2.05, 4.69) is 0 Å². The Bertz CT molecular complexity index is 585. The summed E-state index contributed by atoms with van der Waals surface area (Å²) in [6, 6.07) is 10.3. The molecule has 2 nitrogen and oxygen atoms in total. The van der Waals surface area contributed by atoms with Gasteiger partial charge in [-0.2, -0.15) is 0 Å². The molecule has 19 heavy (non-hydrogen) atoms. The molecule has 100 valence electrons. The van der Waals surface area contributed by atoms with Crippen molar-refractivity contribution in [1.82, 2.24) is 0 Å². The molecule has 0 bridgehead atoms. The summed E-state index contributed by atoms with van der Waals surface area (Å²) in [5.74, 6) is 0.537. The molecule has 0 atom stereocenters. The fourth-order valence-corrected chi connectivity index (χ4v) is 2.19. The van der Waals surface area contributed by atoms with Crippen molar-refractivity contribution < 1.29 is 9.84 Å². The molecule has 0 aromatic heterocycles. The maximum atomic E-state index is 9.00. The zero-order valence-corrected chi connectivity index (χ0v) is 12.1. The summed E-state index contributed by atoms with van der Waals surface area (Å²) in [4.78, 5) is 0. The zero-order valence-electron chi connectivity index (χ0n) is 9.87. The number of rotatable bonds is 4. The summed E-state index contributed by atoms with van der Waals surface area (Å²) >= 11 is 18.0. The minimum Gasteiger partial charge on any atom is -0.487 e. The number of hydrogen-bond donors (Lipinski definition) is 1. The summed E-state index contributed by atoms with van der Waals surface area (Å²) < 4.78 is 5.60. The minimum atomic E-state index is -0.0554. The van der Waals surface area contributed by atoms with Gasteiger partial charge in [-0.25, -0.2) is 0 Å². The average molecular weight is 318 g/mol. The Labute approximate surface area is 126 Å². The fraction of sp³-hybridized carbons (Fsp3) is 0.143. The molecule has 0 unspecified atom stereocenters. The second-order valence-electron chi connectivity index (χ2n) is 3.95. The van der Waals surface area contributed by atoms with Crippen molar-refractivity contribution in [3.8, 4) is 5.75 Å². The predicted octanol–water partition coefficient (Wildman–Crippen LogP) is 4.72. The topological polar surface area (TPSA) is 29.5 Å². The van der Waals surface area contributed by atoms with Gasteiger partial charge in [-0.1, -0.05) is 40.9 Å². The molecule has 2 aromatic carbocycles. The van der Waals surface area contributed by atoms with Crippen LogP contribution in [0, 0.1) is 0 Å². The third kappa shape index (κ3) is 3.77. The molecule has 0 saturated carbocycles. The van der Waals surface area contributed by atoms with E-state index in [0.29, 0.717) is 20.8 Å². The number of aliphatic hydroxyl groups excluding tert-OH is 1. The molecule has 2 aromatic rings. The Hall–Kier alpha value is -0.930. The van der Waals surface area contributed by atoms with E-state index >= 15 is 0 Å². The fourth-order valence-electron chi connectivity index (χ4n) is 1.57. The van der Waals surface area contributed by atoms with Gasteiger partial charge >= 0.3 is 0 Å². The summed E-state index contributed by atoms with van der Waals surface area (Å²) in [6.07, 6.45) is 0. The molecule has 0 amide bonds. The van der Waals surface area contributed by atoms with E-state index in [1.807, 2.05) is 0 Å². The molecule has 0 aliphatic rings. The highest BCUT2D eigenvalue weighted by molar-refractivity contribution is 6.33. The molecule has 5 heteroatoms. The Morgan fingerprint density at radius 3 is 2.42 bits per heavy atom. The van der Waals surface area contributed by atoms with Gasteiger partial charge in [0.05, 0.1) is 11.6 Å². The highest BCUT2D eigenvalue weighted by Gasteiger charge is 2.06. The quantitative estimate of drug-likeness (QED) is 0.884. The van der Waals surface area contributed by atoms with E-state index in [1.54, 1.807) is 36.4 Å². The van der Waals surface area contributed by atoms with Gasteiger partial charge in [0.2, 0.25) is 0 Å². The van der Waals surface area contributed by atoms with Gasteiger partial charge in [0, 0.05) is 15.6 Å². The maximum absolute atomic E-state index is 9.00. The van der Waals surface area contributed by atoms with Gasteiger partial charge in [-0.3, -0.25) is 0 Å². The first kappa shape index (κ1) is 14.5. The highest BCUT2D eigenvalue weighted by Crippen LogP contribution is 2.28. The number of ether oxygens (including phenoxy) is 1. The predicted molar refractivity (Wildman–Crippen MR) is 78.2 cm³/mol. The second kappa shape index (κ2) is 6.49. The lowest BCUT2D eigenvalue weighted by molar-refractivity contribution is 0.281. The van der Waals surface area contributed by atoms with E-state index < -0.39 is 0 Å². The van der Waals surface area contributed by atoms with Crippen molar-refractivity contribution in [2.45, 2.75) is 13.2 Å². The van der Waals surface area contributed by atoms with Crippen LogP contribution in [-0.4, -0.2) is 5.11 Å². The van der Waals surface area contributed by atoms with Crippen LogP contribution in [0.3, 0.4) is 0 Å². The van der Waals surface area contributed by atoms with Crippen LogP contribution < -0.4 is 4.74 Å². The summed E-state index contributed by atoms with van der Waals surface area (Å²) in [5.41, 5.74) is 1.52. The van der Waals surface area contributed by atoms with Gasteiger partial charge in [0.1, 0.15) is 12.4 Å². The van der Waals surface area contributed by atoms with Crippen LogP contribution in [-0.2, 0) is 13.2 Å². The number of aliphatic hydroxyl groups is 1. The Balaban J connectivity index is 2.12. The van der Waals surface area contributed by atoms with Crippen LogP contribution in [0.4, 0.5) is 0 Å². The third-order valence-corrected chi connectivity index (χ3v) is 3.47. The largest absolute Gasteiger partial charge is 0.487 e. The van der Waals surface area contributed by atoms with E-state index in [0.717, 1.165) is 11.1 Å². The lowest BCUT2D eigenvalue weighted by Crippen LogP contribution is -1.97. The first-order chi connectivity index (χ1) is 9.10. The molecule has 0 aliphatic heterocycles. The Morgan fingerprint density at radius 1 is 0.947 bits per heavy atom. The van der Waals surface area contributed by atoms with Gasteiger partial charge < -0.3 is 9.84 Å². The van der Waals surface area contributed by atoms with Gasteiger partial charge in [-0.05, 0) is 35.9 Å². The minimum absolute atomic E-state index is 0.0554. The molecule has 1 N–H and O–H groups in total. The number of benzene rings is 2. The average Bonchev–Trinajstić information content (AvgIpc) is 2.40. The van der Waals surface area contributed by atoms with Crippen LogP contribution in [0.15, 0.2) is 36.4 Å². The molecule has 2 rings (SSSR count). The standard InChI is InChI=1S/C14H11Cl3O2/c15-11-2-3-12(16)10(6-11)8-19-14-4-1-9(7-18)5-13(14)17/h1-6,18H,7-8H2. The van der Waals surface area contributed by atoms with E-state index in [9.17, 15) is 0 Å². The maximum Gasteiger partial charge on any atom is 0.138 e. The van der Waals surface area contributed by atoms with Crippen LogP contribution >= 0.6 is 34.8 Å². The molecule has 0 aliphatic carbocycles. The van der Waals surface area contributed by atoms with Gasteiger partial charge in [0.15, 0.2) is 0 Å². The monoisotopic (exact) mass is 316 g/mol. The lowest BCUT2D eigenvalue weighted by Gasteiger charge is -2.10.